The molecule has 0 heterocycles. The zero-order valence-electron chi connectivity index (χ0n) is 16.2. The van der Waals surface area contributed by atoms with Crippen LogP contribution in [-0.4, -0.2) is 0 Å². The van der Waals surface area contributed by atoms with E-state index in [2.05, 4.69) is 0 Å². The van der Waals surface area contributed by atoms with Gasteiger partial charge in [0.2, 0.25) is 0 Å². The molecule has 0 aromatic carbocycles. The maximum atomic E-state index is 0. The molecule has 0 unspecified atom stereocenters. The van der Waals surface area contributed by atoms with Crippen molar-refractivity contribution in [3.63, 3.8) is 0 Å². The third kappa shape index (κ3) is 186. The molecule has 28 heteroatoms. The van der Waals surface area contributed by atoms with Gasteiger partial charge in [-0.15, -0.1) is 0 Å². The van der Waals surface area contributed by atoms with Crippen molar-refractivity contribution in [1.82, 2.24) is 0 Å². The molecule has 0 atom stereocenters. The van der Waals surface area contributed by atoms with E-state index in [1.54, 1.807) is 0 Å². The molecule has 0 aromatic heterocycles. The summed E-state index contributed by atoms with van der Waals surface area (Å²) in [6.07, 6.45) is 0. The van der Waals surface area contributed by atoms with Crippen LogP contribution >= 0.6 is 0 Å². The van der Waals surface area contributed by atoms with Gasteiger partial charge in [0, 0.05) is 916 Å². The first-order chi connectivity index (χ1) is 0. The molecule has 0 aliphatic heterocycles. The summed E-state index contributed by atoms with van der Waals surface area (Å²) in [7, 11) is 0. The number of hydrogen-bond acceptors (Lipinski definition) is 0. The average Bonchev–Trinajstić information content (AvgIpc) is 0. The van der Waals surface area contributed by atoms with E-state index in [9.17, 15) is 0 Å². The molecular formula is Y28. The van der Waals surface area contributed by atoms with Crippen LogP contribution in [0.3, 0.4) is 0 Å². The molecule has 28 radical (unpaired) electrons. The molecule has 0 aromatic rings. The van der Waals surface area contributed by atoms with Crippen molar-refractivity contribution in [2.24, 2.45) is 0 Å². The Labute approximate surface area is 880 Å². The Kier molecular flexibility index (Phi) is 1450. The molecular weight excluding hydrogens is 2490 g/mol. The summed E-state index contributed by atoms with van der Waals surface area (Å²) in [6, 6.07) is 0. The van der Waals surface area contributed by atoms with Crippen LogP contribution in [0, 0.1) is 0 Å². The quantitative estimate of drug-likeness (QED) is 0.320. The zero-order valence-corrected chi connectivity index (χ0v) is 95.6. The van der Waals surface area contributed by atoms with Crippen molar-refractivity contribution in [1.29, 1.82) is 0 Å². The molecule has 0 saturated heterocycles. The van der Waals surface area contributed by atoms with E-state index in [1.807, 2.05) is 0 Å². The van der Waals surface area contributed by atoms with Crippen LogP contribution in [0.5, 0.6) is 0 Å². The summed E-state index contributed by atoms with van der Waals surface area (Å²) in [4.78, 5) is 0. The molecule has 0 amide bonds. The molecule has 0 nitrogen and oxygen atoms in total. The van der Waals surface area contributed by atoms with Gasteiger partial charge in [0.1, 0.15) is 0 Å². The molecule has 0 bridgehead atoms. The second-order valence-electron chi connectivity index (χ2n) is 0. The van der Waals surface area contributed by atoms with Crippen molar-refractivity contribution in [3.05, 3.63) is 0 Å². The number of hydrogen-bond donors (Lipinski definition) is 0. The maximum absolute atomic E-state index is 0. The van der Waals surface area contributed by atoms with Crippen LogP contribution < -0.4 is 0 Å². The van der Waals surface area contributed by atoms with Gasteiger partial charge in [0.15, 0.2) is 0 Å². The van der Waals surface area contributed by atoms with Gasteiger partial charge in [-0.05, 0) is 0 Å². The third-order valence-corrected chi connectivity index (χ3v) is 0. The van der Waals surface area contributed by atoms with Gasteiger partial charge < -0.3 is 0 Å². The Morgan fingerprint density at radius 3 is 0.0357 bits per heavy atom. The van der Waals surface area contributed by atoms with Crippen molar-refractivity contribution < 1.29 is 916 Å². The summed E-state index contributed by atoms with van der Waals surface area (Å²) in [6.45, 7) is 0. The SMILES string of the molecule is [Y].[Y].[Y].[Y].[Y].[Y].[Y].[Y].[Y].[Y].[Y].[Y].[Y].[Y].[Y].[Y].[Y].[Y].[Y].[Y].[Y].[Y].[Y].[Y].[Y].[Y].[Y].[Y]. The first-order valence-electron chi connectivity index (χ1n) is 0. The molecule has 0 rings (SSSR count). The van der Waals surface area contributed by atoms with E-state index < -0.39 is 0 Å². The summed E-state index contributed by atoms with van der Waals surface area (Å²) in [5.74, 6) is 0. The van der Waals surface area contributed by atoms with Crippen molar-refractivity contribution in [2.45, 2.75) is 0 Å². The van der Waals surface area contributed by atoms with Crippen LogP contribution in [0.1, 0.15) is 0 Å². The van der Waals surface area contributed by atoms with Gasteiger partial charge in [-0.2, -0.15) is 0 Å². The predicted octanol–water partition coefficient (Wildman–Crippen LogP) is -0.0700. The van der Waals surface area contributed by atoms with Crippen molar-refractivity contribution >= 4 is 0 Å². The Balaban J connectivity index is 0. The first-order valence-corrected chi connectivity index (χ1v) is 0. The third-order valence-electron chi connectivity index (χ3n) is 0. The molecule has 0 saturated carbocycles. The standard InChI is InChI=1S/28Y. The summed E-state index contributed by atoms with van der Waals surface area (Å²) < 4.78 is 0. The monoisotopic (exact) mass is 2490 g/mol. The Morgan fingerprint density at radius 2 is 0.0357 bits per heavy atom. The van der Waals surface area contributed by atoms with E-state index in [-0.39, 0.29) is 916 Å². The Hall–Kier alpha value is 30.9. The summed E-state index contributed by atoms with van der Waals surface area (Å²) in [5.41, 5.74) is 0. The van der Waals surface area contributed by atoms with Gasteiger partial charge in [0.05, 0.1) is 0 Å². The van der Waals surface area contributed by atoms with Crippen LogP contribution in [-0.2, 0) is 916 Å². The maximum Gasteiger partial charge on any atom is 0 e. The Morgan fingerprint density at radius 1 is 0.0357 bits per heavy atom. The molecule has 28 heavy (non-hydrogen) atoms. The van der Waals surface area contributed by atoms with Gasteiger partial charge in [-0.1, -0.05) is 0 Å². The minimum atomic E-state index is 0. The van der Waals surface area contributed by atoms with Gasteiger partial charge in [0.25, 0.3) is 0 Å². The van der Waals surface area contributed by atoms with E-state index in [1.165, 1.54) is 0 Å². The van der Waals surface area contributed by atoms with Crippen LogP contribution in [0.15, 0.2) is 0 Å². The molecule has 0 aliphatic carbocycles. The first kappa shape index (κ1) is 207. The van der Waals surface area contributed by atoms with E-state index in [0.717, 1.165) is 0 Å². The average molecular weight is 2490 g/mol. The van der Waals surface area contributed by atoms with Crippen molar-refractivity contribution in [3.8, 4) is 0 Å². The van der Waals surface area contributed by atoms with Gasteiger partial charge in [-0.3, -0.25) is 0 Å². The van der Waals surface area contributed by atoms with Crippen LogP contribution in [0.2, 0.25) is 0 Å². The van der Waals surface area contributed by atoms with E-state index in [0.29, 0.717) is 0 Å². The predicted molar refractivity (Wildman–Crippen MR) is 0 cm³/mol. The normalized spacial score (nSPS) is 0. The minimum Gasteiger partial charge on any atom is 0 e. The topological polar surface area (TPSA) is 0 Å². The molecule has 0 aliphatic rings. The van der Waals surface area contributed by atoms with E-state index >= 15 is 0 Å². The Bertz CT molecular complexity index is 0. The second kappa shape index (κ2) is 196. The minimum absolute atomic E-state index is 0. The second-order valence-corrected chi connectivity index (χ2v) is 0. The van der Waals surface area contributed by atoms with Crippen molar-refractivity contribution in [2.75, 3.05) is 0 Å². The van der Waals surface area contributed by atoms with Crippen LogP contribution in [0.4, 0.5) is 0 Å². The molecule has 0 N–H and O–H groups in total. The fourth-order valence-corrected chi connectivity index (χ4v) is 0. The fraction of sp³-hybridized carbons (Fsp3) is 0. The molecule has 0 spiro atoms. The fourth-order valence-electron chi connectivity index (χ4n) is 0. The largest absolute Gasteiger partial charge is 0 e. The van der Waals surface area contributed by atoms with E-state index in [4.69, 9.17) is 0 Å². The number of rotatable bonds is 0. The molecule has 0 fully saturated rings. The van der Waals surface area contributed by atoms with Gasteiger partial charge in [-0.25, -0.2) is 0 Å². The summed E-state index contributed by atoms with van der Waals surface area (Å²) >= 11 is 0. The zero-order chi connectivity index (χ0) is 0. The summed E-state index contributed by atoms with van der Waals surface area (Å²) in [5, 5.41) is 0. The molecule has 84 valence electrons. The van der Waals surface area contributed by atoms with Crippen LogP contribution in [0.25, 0.3) is 0 Å². The smallest absolute Gasteiger partial charge is 0 e. The van der Waals surface area contributed by atoms with Gasteiger partial charge >= 0.3 is 0 Å².